The Bertz CT molecular complexity index is 545. The van der Waals surface area contributed by atoms with Crippen LogP contribution in [0.4, 0.5) is 6.01 Å². The molecule has 0 fully saturated rings. The molecule has 2 rings (SSSR count). The molecule has 1 aromatic heterocycles. The van der Waals surface area contributed by atoms with E-state index in [1.807, 2.05) is 18.2 Å². The van der Waals surface area contributed by atoms with E-state index in [1.54, 1.807) is 14.2 Å². The van der Waals surface area contributed by atoms with Gasteiger partial charge in [0.15, 0.2) is 0 Å². The minimum Gasteiger partial charge on any atom is -0.497 e. The molecule has 0 atom stereocenters. The highest BCUT2D eigenvalue weighted by Crippen LogP contribution is 2.25. The number of benzene rings is 1. The molecule has 1 N–H and O–H groups in total. The summed E-state index contributed by atoms with van der Waals surface area (Å²) in [6, 6.07) is 5.91. The summed E-state index contributed by atoms with van der Waals surface area (Å²) in [6.45, 7) is 0.497. The average molecular weight is 284 g/mol. The first-order chi connectivity index (χ1) is 9.26. The molecule has 0 bridgehead atoms. The molecule has 0 amide bonds. The number of alkyl halides is 1. The Hall–Kier alpha value is -1.95. The van der Waals surface area contributed by atoms with Crippen LogP contribution in [0.2, 0.25) is 0 Å². The van der Waals surface area contributed by atoms with Crippen molar-refractivity contribution in [2.75, 3.05) is 19.5 Å². The second-order valence-corrected chi connectivity index (χ2v) is 3.93. The van der Waals surface area contributed by atoms with Crippen molar-refractivity contribution in [1.29, 1.82) is 0 Å². The molecule has 2 aromatic rings. The Morgan fingerprint density at radius 3 is 2.74 bits per heavy atom. The number of anilines is 1. The van der Waals surface area contributed by atoms with Crippen LogP contribution in [0.3, 0.4) is 0 Å². The lowest BCUT2D eigenvalue weighted by Crippen LogP contribution is -2.02. The summed E-state index contributed by atoms with van der Waals surface area (Å²) >= 11 is 5.58. The molecule has 1 heterocycles. The van der Waals surface area contributed by atoms with Gasteiger partial charge in [0.25, 0.3) is 0 Å². The maximum absolute atomic E-state index is 5.58. The van der Waals surface area contributed by atoms with E-state index in [-0.39, 0.29) is 5.88 Å². The van der Waals surface area contributed by atoms with Crippen molar-refractivity contribution in [3.05, 3.63) is 29.7 Å². The zero-order valence-electron chi connectivity index (χ0n) is 10.6. The van der Waals surface area contributed by atoms with Gasteiger partial charge < -0.3 is 19.2 Å². The first kappa shape index (κ1) is 13.5. The van der Waals surface area contributed by atoms with E-state index in [1.165, 1.54) is 0 Å². The van der Waals surface area contributed by atoms with Crippen molar-refractivity contribution in [1.82, 2.24) is 10.2 Å². The molecule has 0 saturated carbocycles. The molecular weight excluding hydrogens is 270 g/mol. The fourth-order valence-electron chi connectivity index (χ4n) is 1.55. The standard InChI is InChI=1S/C12H14ClN3O3/c1-17-9-4-3-8(10(5-9)18-2)7-14-12-16-15-11(6-13)19-12/h3-5H,6-7H2,1-2H3,(H,14,16). The summed E-state index contributed by atoms with van der Waals surface area (Å²) in [4.78, 5) is 0. The number of methoxy groups -OCH3 is 2. The SMILES string of the molecule is COc1ccc(CNc2nnc(CCl)o2)c(OC)c1. The quantitative estimate of drug-likeness (QED) is 0.821. The summed E-state index contributed by atoms with van der Waals surface area (Å²) in [7, 11) is 3.22. The summed E-state index contributed by atoms with van der Waals surface area (Å²) in [5, 5.41) is 10.6. The molecule has 0 unspecified atom stereocenters. The molecule has 1 aromatic carbocycles. The molecule has 0 aliphatic rings. The summed E-state index contributed by atoms with van der Waals surface area (Å²) < 4.78 is 15.7. The smallest absolute Gasteiger partial charge is 0.315 e. The monoisotopic (exact) mass is 283 g/mol. The van der Waals surface area contributed by atoms with Crippen LogP contribution < -0.4 is 14.8 Å². The molecule has 0 spiro atoms. The number of nitrogens with zero attached hydrogens (tertiary/aromatic N) is 2. The molecule has 0 radical (unpaired) electrons. The largest absolute Gasteiger partial charge is 0.497 e. The molecule has 0 saturated heterocycles. The van der Waals surface area contributed by atoms with E-state index in [0.717, 1.165) is 17.1 Å². The van der Waals surface area contributed by atoms with E-state index >= 15 is 0 Å². The number of halogens is 1. The van der Waals surface area contributed by atoms with Crippen molar-refractivity contribution in [3.63, 3.8) is 0 Å². The molecule has 6 nitrogen and oxygen atoms in total. The number of hydrogen-bond acceptors (Lipinski definition) is 6. The van der Waals surface area contributed by atoms with Crippen LogP contribution in [-0.4, -0.2) is 24.4 Å². The van der Waals surface area contributed by atoms with E-state index in [9.17, 15) is 0 Å². The van der Waals surface area contributed by atoms with Crippen LogP contribution in [0.1, 0.15) is 11.5 Å². The van der Waals surface area contributed by atoms with Gasteiger partial charge in [0, 0.05) is 18.2 Å². The van der Waals surface area contributed by atoms with Crippen LogP contribution in [0.5, 0.6) is 11.5 Å². The van der Waals surface area contributed by atoms with Crippen LogP contribution in [-0.2, 0) is 12.4 Å². The third kappa shape index (κ3) is 3.29. The van der Waals surface area contributed by atoms with E-state index in [0.29, 0.717) is 18.5 Å². The lowest BCUT2D eigenvalue weighted by molar-refractivity contribution is 0.391. The highest BCUT2D eigenvalue weighted by molar-refractivity contribution is 6.16. The zero-order chi connectivity index (χ0) is 13.7. The maximum atomic E-state index is 5.58. The number of ether oxygens (including phenoxy) is 2. The lowest BCUT2D eigenvalue weighted by atomic mass is 10.2. The van der Waals surface area contributed by atoms with Crippen molar-refractivity contribution < 1.29 is 13.9 Å². The van der Waals surface area contributed by atoms with Crippen molar-refractivity contribution in [3.8, 4) is 11.5 Å². The Labute approximate surface area is 115 Å². The van der Waals surface area contributed by atoms with Crippen molar-refractivity contribution >= 4 is 17.6 Å². The van der Waals surface area contributed by atoms with Gasteiger partial charge in [-0.1, -0.05) is 5.10 Å². The normalized spacial score (nSPS) is 10.3. The van der Waals surface area contributed by atoms with Gasteiger partial charge in [-0.2, -0.15) is 0 Å². The second-order valence-electron chi connectivity index (χ2n) is 3.67. The molecule has 102 valence electrons. The molecule has 19 heavy (non-hydrogen) atoms. The second kappa shape index (κ2) is 6.29. The number of hydrogen-bond donors (Lipinski definition) is 1. The van der Waals surface area contributed by atoms with Crippen LogP contribution in [0.15, 0.2) is 22.6 Å². The Morgan fingerprint density at radius 1 is 1.26 bits per heavy atom. The first-order valence-electron chi connectivity index (χ1n) is 5.60. The Kier molecular flexibility index (Phi) is 4.46. The first-order valence-corrected chi connectivity index (χ1v) is 6.13. The molecule has 0 aliphatic carbocycles. The third-order valence-electron chi connectivity index (χ3n) is 2.51. The van der Waals surface area contributed by atoms with Gasteiger partial charge in [0.2, 0.25) is 5.89 Å². The fourth-order valence-corrected chi connectivity index (χ4v) is 1.66. The Balaban J connectivity index is 2.06. The van der Waals surface area contributed by atoms with Crippen LogP contribution >= 0.6 is 11.6 Å². The molecular formula is C12H14ClN3O3. The minimum atomic E-state index is 0.195. The minimum absolute atomic E-state index is 0.195. The summed E-state index contributed by atoms with van der Waals surface area (Å²) in [5.41, 5.74) is 0.953. The predicted octanol–water partition coefficient (Wildman–Crippen LogP) is 2.44. The van der Waals surface area contributed by atoms with Crippen molar-refractivity contribution in [2.24, 2.45) is 0 Å². The zero-order valence-corrected chi connectivity index (χ0v) is 11.4. The number of rotatable bonds is 6. The fraction of sp³-hybridized carbons (Fsp3) is 0.333. The van der Waals surface area contributed by atoms with E-state index in [4.69, 9.17) is 25.5 Å². The number of nitrogens with one attached hydrogen (secondary N) is 1. The predicted molar refractivity (Wildman–Crippen MR) is 70.7 cm³/mol. The van der Waals surface area contributed by atoms with E-state index in [2.05, 4.69) is 15.5 Å². The summed E-state index contributed by atoms with van der Waals surface area (Å²) in [6.07, 6.45) is 0. The van der Waals surface area contributed by atoms with Gasteiger partial charge >= 0.3 is 6.01 Å². The van der Waals surface area contributed by atoms with Gasteiger partial charge in [-0.3, -0.25) is 0 Å². The van der Waals surface area contributed by atoms with Gasteiger partial charge in [-0.15, -0.1) is 16.7 Å². The van der Waals surface area contributed by atoms with Gasteiger partial charge in [-0.25, -0.2) is 0 Å². The highest BCUT2D eigenvalue weighted by Gasteiger charge is 2.08. The van der Waals surface area contributed by atoms with Crippen LogP contribution in [0.25, 0.3) is 0 Å². The van der Waals surface area contributed by atoms with Gasteiger partial charge in [-0.05, 0) is 12.1 Å². The molecule has 7 heteroatoms. The maximum Gasteiger partial charge on any atom is 0.315 e. The lowest BCUT2D eigenvalue weighted by Gasteiger charge is -2.10. The Morgan fingerprint density at radius 2 is 2.11 bits per heavy atom. The van der Waals surface area contributed by atoms with Crippen molar-refractivity contribution in [2.45, 2.75) is 12.4 Å². The van der Waals surface area contributed by atoms with Crippen LogP contribution in [0, 0.1) is 0 Å². The topological polar surface area (TPSA) is 69.4 Å². The van der Waals surface area contributed by atoms with Gasteiger partial charge in [0.05, 0.1) is 14.2 Å². The number of aromatic nitrogens is 2. The average Bonchev–Trinajstić information content (AvgIpc) is 2.92. The molecule has 0 aliphatic heterocycles. The van der Waals surface area contributed by atoms with E-state index < -0.39 is 0 Å². The van der Waals surface area contributed by atoms with Gasteiger partial charge in [0.1, 0.15) is 17.4 Å². The third-order valence-corrected chi connectivity index (χ3v) is 2.73. The summed E-state index contributed by atoms with van der Waals surface area (Å²) in [5.74, 6) is 2.04. The highest BCUT2D eigenvalue weighted by atomic mass is 35.5.